The molecule has 3 aliphatic carbocycles. The zero-order valence-electron chi connectivity index (χ0n) is 9.86. The Morgan fingerprint density at radius 2 is 1.94 bits per heavy atom. The summed E-state index contributed by atoms with van der Waals surface area (Å²) < 4.78 is 0. The molecule has 90 valence electrons. The molecule has 0 amide bonds. The molecule has 0 heterocycles. The van der Waals surface area contributed by atoms with E-state index in [0.717, 1.165) is 18.8 Å². The molecule has 0 aromatic heterocycles. The lowest BCUT2D eigenvalue weighted by molar-refractivity contribution is -0.144. The van der Waals surface area contributed by atoms with Crippen molar-refractivity contribution >= 4 is 5.97 Å². The first-order chi connectivity index (χ1) is 7.66. The van der Waals surface area contributed by atoms with Gasteiger partial charge in [-0.15, -0.1) is 0 Å². The van der Waals surface area contributed by atoms with E-state index in [1.54, 1.807) is 0 Å². The summed E-state index contributed by atoms with van der Waals surface area (Å²) in [5.41, 5.74) is 0. The van der Waals surface area contributed by atoms with E-state index in [1.165, 1.54) is 19.3 Å². The predicted octanol–water partition coefficient (Wildman–Crippen LogP) is 1.87. The molecule has 0 spiro atoms. The van der Waals surface area contributed by atoms with Crippen molar-refractivity contribution in [1.82, 2.24) is 5.32 Å². The molecule has 0 radical (unpaired) electrons. The van der Waals surface area contributed by atoms with Crippen LogP contribution < -0.4 is 5.32 Å². The molecule has 3 heteroatoms. The summed E-state index contributed by atoms with van der Waals surface area (Å²) in [6.45, 7) is 2.22. The van der Waals surface area contributed by atoms with E-state index < -0.39 is 5.97 Å². The van der Waals surface area contributed by atoms with Crippen LogP contribution in [0.15, 0.2) is 0 Å². The fraction of sp³-hybridized carbons (Fsp3) is 0.923. The maximum atomic E-state index is 11.3. The quantitative estimate of drug-likeness (QED) is 0.765. The summed E-state index contributed by atoms with van der Waals surface area (Å²) in [6.07, 6.45) is 6.17. The Labute approximate surface area is 96.6 Å². The number of carboxylic acid groups (broad SMARTS) is 1. The molecule has 3 rings (SSSR count). The van der Waals surface area contributed by atoms with Gasteiger partial charge in [-0.1, -0.05) is 0 Å². The lowest BCUT2D eigenvalue weighted by atomic mass is 9.84. The van der Waals surface area contributed by atoms with Crippen molar-refractivity contribution in [3.8, 4) is 0 Å². The number of carboxylic acids is 1. The lowest BCUT2D eigenvalue weighted by Crippen LogP contribution is -2.48. The fourth-order valence-corrected chi connectivity index (χ4v) is 3.92. The van der Waals surface area contributed by atoms with E-state index in [1.807, 2.05) is 0 Å². The second-order valence-corrected chi connectivity index (χ2v) is 6.02. The number of hydrogen-bond acceptors (Lipinski definition) is 2. The molecule has 3 saturated carbocycles. The van der Waals surface area contributed by atoms with Gasteiger partial charge in [-0.3, -0.25) is 4.79 Å². The highest BCUT2D eigenvalue weighted by Gasteiger charge is 2.51. The summed E-state index contributed by atoms with van der Waals surface area (Å²) in [6, 6.07) is 0.776. The van der Waals surface area contributed by atoms with Gasteiger partial charge in [-0.25, -0.2) is 0 Å². The number of aliphatic carboxylic acids is 1. The molecule has 3 nitrogen and oxygen atoms in total. The van der Waals surface area contributed by atoms with Crippen molar-refractivity contribution in [3.05, 3.63) is 0 Å². The summed E-state index contributed by atoms with van der Waals surface area (Å²) >= 11 is 0. The van der Waals surface area contributed by atoms with E-state index in [9.17, 15) is 9.90 Å². The average molecular weight is 223 g/mol. The van der Waals surface area contributed by atoms with E-state index in [0.29, 0.717) is 17.9 Å². The van der Waals surface area contributed by atoms with Crippen LogP contribution in [0.1, 0.15) is 39.0 Å². The van der Waals surface area contributed by atoms with Crippen molar-refractivity contribution in [2.45, 2.75) is 51.1 Å². The Bertz CT molecular complexity index is 300. The van der Waals surface area contributed by atoms with Gasteiger partial charge in [-0.05, 0) is 56.8 Å². The maximum absolute atomic E-state index is 11.3. The first kappa shape index (κ1) is 10.6. The third kappa shape index (κ3) is 1.65. The van der Waals surface area contributed by atoms with Crippen molar-refractivity contribution in [2.75, 3.05) is 0 Å². The number of rotatable bonds is 4. The molecule has 5 atom stereocenters. The van der Waals surface area contributed by atoms with Gasteiger partial charge >= 0.3 is 5.97 Å². The zero-order valence-corrected chi connectivity index (χ0v) is 9.86. The van der Waals surface area contributed by atoms with Crippen LogP contribution in [0.4, 0.5) is 0 Å². The van der Waals surface area contributed by atoms with Crippen LogP contribution in [0.3, 0.4) is 0 Å². The standard InChI is InChI=1S/C13H21NO2/c1-7(8-2-3-8)14-12-10-5-4-9(6-10)11(12)13(15)16/h7-12,14H,2-6H2,1H3,(H,15,16). The van der Waals surface area contributed by atoms with Crippen molar-refractivity contribution in [3.63, 3.8) is 0 Å². The molecule has 0 aromatic rings. The summed E-state index contributed by atoms with van der Waals surface area (Å²) in [5, 5.41) is 13.0. The van der Waals surface area contributed by atoms with Crippen molar-refractivity contribution in [1.29, 1.82) is 0 Å². The predicted molar refractivity (Wildman–Crippen MR) is 61.1 cm³/mol. The van der Waals surface area contributed by atoms with Crippen LogP contribution >= 0.6 is 0 Å². The molecule has 5 unspecified atom stereocenters. The van der Waals surface area contributed by atoms with Crippen LogP contribution in [0.5, 0.6) is 0 Å². The minimum Gasteiger partial charge on any atom is -0.481 e. The van der Waals surface area contributed by atoms with Gasteiger partial charge in [0.05, 0.1) is 5.92 Å². The summed E-state index contributed by atoms with van der Waals surface area (Å²) in [4.78, 5) is 11.3. The largest absolute Gasteiger partial charge is 0.481 e. The Hall–Kier alpha value is -0.570. The Morgan fingerprint density at radius 1 is 1.25 bits per heavy atom. The number of hydrogen-bond donors (Lipinski definition) is 2. The maximum Gasteiger partial charge on any atom is 0.308 e. The van der Waals surface area contributed by atoms with Gasteiger partial charge in [0.25, 0.3) is 0 Å². The molecule has 2 bridgehead atoms. The highest BCUT2D eigenvalue weighted by molar-refractivity contribution is 5.72. The monoisotopic (exact) mass is 223 g/mol. The van der Waals surface area contributed by atoms with Crippen LogP contribution in [-0.2, 0) is 4.79 Å². The number of carbonyl (C=O) groups is 1. The van der Waals surface area contributed by atoms with Gasteiger partial charge in [0.1, 0.15) is 0 Å². The van der Waals surface area contributed by atoms with Gasteiger partial charge in [0, 0.05) is 12.1 Å². The smallest absolute Gasteiger partial charge is 0.308 e. The second-order valence-electron chi connectivity index (χ2n) is 6.02. The molecule has 0 saturated heterocycles. The third-order valence-corrected chi connectivity index (χ3v) is 4.99. The topological polar surface area (TPSA) is 49.3 Å². The summed E-state index contributed by atoms with van der Waals surface area (Å²) in [5.74, 6) is 1.21. The van der Waals surface area contributed by atoms with Gasteiger partial charge in [0.2, 0.25) is 0 Å². The lowest BCUT2D eigenvalue weighted by Gasteiger charge is -2.31. The molecule has 3 aliphatic rings. The van der Waals surface area contributed by atoms with Crippen molar-refractivity contribution < 1.29 is 9.90 Å². The van der Waals surface area contributed by atoms with Crippen LogP contribution in [0.25, 0.3) is 0 Å². The Balaban J connectivity index is 1.69. The number of nitrogens with one attached hydrogen (secondary N) is 1. The molecule has 3 fully saturated rings. The highest BCUT2D eigenvalue weighted by Crippen LogP contribution is 2.49. The normalized spacial score (nSPS) is 43.6. The van der Waals surface area contributed by atoms with E-state index in [2.05, 4.69) is 12.2 Å². The highest BCUT2D eigenvalue weighted by atomic mass is 16.4. The van der Waals surface area contributed by atoms with Crippen LogP contribution in [-0.4, -0.2) is 23.2 Å². The van der Waals surface area contributed by atoms with E-state index in [-0.39, 0.29) is 12.0 Å². The fourth-order valence-electron chi connectivity index (χ4n) is 3.92. The third-order valence-electron chi connectivity index (χ3n) is 4.99. The van der Waals surface area contributed by atoms with Gasteiger partial charge in [0.15, 0.2) is 0 Å². The molecule has 16 heavy (non-hydrogen) atoms. The first-order valence-electron chi connectivity index (χ1n) is 6.65. The zero-order chi connectivity index (χ0) is 11.3. The van der Waals surface area contributed by atoms with Gasteiger partial charge in [-0.2, -0.15) is 0 Å². The average Bonchev–Trinajstić information content (AvgIpc) is 2.90. The molecule has 0 aromatic carbocycles. The molecule has 0 aliphatic heterocycles. The van der Waals surface area contributed by atoms with Crippen LogP contribution in [0, 0.1) is 23.7 Å². The minimum absolute atomic E-state index is 0.111. The molecular formula is C13H21NO2. The first-order valence-corrected chi connectivity index (χ1v) is 6.65. The minimum atomic E-state index is -0.576. The van der Waals surface area contributed by atoms with Crippen LogP contribution in [0.2, 0.25) is 0 Å². The number of fused-ring (bicyclic) bond motifs is 2. The Morgan fingerprint density at radius 3 is 2.56 bits per heavy atom. The molecule has 2 N–H and O–H groups in total. The molecular weight excluding hydrogens is 202 g/mol. The SMILES string of the molecule is CC(NC1C2CCC(C2)C1C(=O)O)C1CC1. The van der Waals surface area contributed by atoms with E-state index in [4.69, 9.17) is 0 Å². The summed E-state index contributed by atoms with van der Waals surface area (Å²) in [7, 11) is 0. The van der Waals surface area contributed by atoms with E-state index >= 15 is 0 Å². The van der Waals surface area contributed by atoms with Crippen molar-refractivity contribution in [2.24, 2.45) is 23.7 Å². The second kappa shape index (κ2) is 3.73. The van der Waals surface area contributed by atoms with Gasteiger partial charge < -0.3 is 10.4 Å². The Kier molecular flexibility index (Phi) is 2.46.